The van der Waals surface area contributed by atoms with Gasteiger partial charge in [-0.25, -0.2) is 4.79 Å². The van der Waals surface area contributed by atoms with Crippen molar-refractivity contribution in [3.05, 3.63) is 11.6 Å². The highest BCUT2D eigenvalue weighted by Crippen LogP contribution is 2.70. The smallest absolute Gasteiger partial charge is 0.331 e. The lowest BCUT2D eigenvalue weighted by molar-refractivity contribution is -0.414. The van der Waals surface area contributed by atoms with Crippen molar-refractivity contribution in [2.75, 3.05) is 6.61 Å². The van der Waals surface area contributed by atoms with Gasteiger partial charge < -0.3 is 29.2 Å². The summed E-state index contributed by atoms with van der Waals surface area (Å²) in [5.41, 5.74) is -0.0897. The summed E-state index contributed by atoms with van der Waals surface area (Å²) in [5.74, 6) is -1.57. The van der Waals surface area contributed by atoms with Crippen molar-refractivity contribution in [3.63, 3.8) is 0 Å². The summed E-state index contributed by atoms with van der Waals surface area (Å²) in [6, 6.07) is 0. The van der Waals surface area contributed by atoms with Crippen LogP contribution in [0.2, 0.25) is 0 Å². The molecule has 3 aliphatic heterocycles. The van der Waals surface area contributed by atoms with Crippen LogP contribution in [0.4, 0.5) is 0 Å². The van der Waals surface area contributed by atoms with E-state index in [2.05, 4.69) is 13.8 Å². The molecular formula is C29H40O8. The van der Waals surface area contributed by atoms with Crippen LogP contribution in [0.3, 0.4) is 0 Å². The summed E-state index contributed by atoms with van der Waals surface area (Å²) < 4.78 is 23.5. The highest BCUT2D eigenvalue weighted by atomic mass is 16.8. The number of hydrogen-bond acceptors (Lipinski definition) is 8. The van der Waals surface area contributed by atoms with E-state index < -0.39 is 17.7 Å². The normalized spacial score (nSPS) is 56.8. The molecule has 7 rings (SSSR count). The van der Waals surface area contributed by atoms with Crippen LogP contribution in [0.1, 0.15) is 78.6 Å². The van der Waals surface area contributed by atoms with Crippen molar-refractivity contribution in [2.24, 2.45) is 34.5 Å². The molecule has 0 spiro atoms. The monoisotopic (exact) mass is 516 g/mol. The lowest BCUT2D eigenvalue weighted by Crippen LogP contribution is -2.69. The first kappa shape index (κ1) is 24.7. The zero-order valence-electron chi connectivity index (χ0n) is 22.1. The minimum atomic E-state index is -2.04. The number of hydrogen-bond donors (Lipinski definition) is 2. The van der Waals surface area contributed by atoms with Gasteiger partial charge in [-0.2, -0.15) is 0 Å². The SMILES string of the molecule is CC1CC(=O)C2(O)OC3CC4(C)C(CCC5C4CCC4(C)C(C6=CC(=O)OC6)CCC54O)CC3OC2O1. The molecule has 0 radical (unpaired) electrons. The number of ether oxygens (including phenoxy) is 4. The first-order valence-electron chi connectivity index (χ1n) is 14.3. The largest absolute Gasteiger partial charge is 0.458 e. The van der Waals surface area contributed by atoms with Crippen LogP contribution < -0.4 is 0 Å². The number of aliphatic hydroxyl groups is 2. The predicted molar refractivity (Wildman–Crippen MR) is 130 cm³/mol. The van der Waals surface area contributed by atoms with E-state index in [1.807, 2.05) is 6.92 Å². The molecule has 3 heterocycles. The van der Waals surface area contributed by atoms with Gasteiger partial charge in [-0.05, 0) is 93.0 Å². The van der Waals surface area contributed by atoms with Gasteiger partial charge in [0.15, 0.2) is 5.78 Å². The molecule has 0 aromatic heterocycles. The number of fused-ring (bicyclic) bond motifs is 7. The van der Waals surface area contributed by atoms with Crippen LogP contribution in [-0.4, -0.2) is 64.6 Å². The van der Waals surface area contributed by atoms with Gasteiger partial charge in [0.1, 0.15) is 6.61 Å². The third-order valence-corrected chi connectivity index (χ3v) is 12.1. The third-order valence-electron chi connectivity index (χ3n) is 12.1. The third kappa shape index (κ3) is 3.19. The number of Topliss-reactive ketones (excluding diaryl/α,β-unsaturated/α-hetero) is 1. The van der Waals surface area contributed by atoms with Crippen molar-refractivity contribution >= 4 is 11.8 Å². The summed E-state index contributed by atoms with van der Waals surface area (Å²) in [6.45, 7) is 6.75. The van der Waals surface area contributed by atoms with Gasteiger partial charge in [-0.1, -0.05) is 13.8 Å². The van der Waals surface area contributed by atoms with Crippen molar-refractivity contribution in [1.82, 2.24) is 0 Å². The van der Waals surface area contributed by atoms with E-state index in [4.69, 9.17) is 18.9 Å². The molecule has 7 aliphatic rings. The molecule has 12 atom stereocenters. The molecule has 4 saturated carbocycles. The zero-order chi connectivity index (χ0) is 26.0. The summed E-state index contributed by atoms with van der Waals surface area (Å²) in [7, 11) is 0. The number of rotatable bonds is 1. The average molecular weight is 517 g/mol. The lowest BCUT2D eigenvalue weighted by atomic mass is 9.43. The van der Waals surface area contributed by atoms with Crippen molar-refractivity contribution in [1.29, 1.82) is 0 Å². The van der Waals surface area contributed by atoms with E-state index in [1.165, 1.54) is 0 Å². The molecule has 2 saturated heterocycles. The maximum absolute atomic E-state index is 12.8. The maximum Gasteiger partial charge on any atom is 0.331 e. The Morgan fingerprint density at radius 1 is 0.973 bits per heavy atom. The number of cyclic esters (lactones) is 1. The molecule has 4 aliphatic carbocycles. The van der Waals surface area contributed by atoms with Gasteiger partial charge in [0.05, 0.1) is 23.9 Å². The number of ketones is 1. The van der Waals surface area contributed by atoms with Gasteiger partial charge in [0, 0.05) is 17.9 Å². The predicted octanol–water partition coefficient (Wildman–Crippen LogP) is 3.03. The Bertz CT molecular complexity index is 1060. The number of carbonyl (C=O) groups is 2. The summed E-state index contributed by atoms with van der Waals surface area (Å²) >= 11 is 0. The van der Waals surface area contributed by atoms with Crippen LogP contribution in [0, 0.1) is 34.5 Å². The molecule has 0 aromatic rings. The van der Waals surface area contributed by atoms with E-state index in [-0.39, 0.29) is 59.2 Å². The number of carbonyl (C=O) groups excluding carboxylic acids is 2. The molecule has 12 unspecified atom stereocenters. The van der Waals surface area contributed by atoms with E-state index in [0.717, 1.165) is 50.5 Å². The Morgan fingerprint density at radius 3 is 2.54 bits per heavy atom. The minimum absolute atomic E-state index is 0.0800. The van der Waals surface area contributed by atoms with Crippen LogP contribution >= 0.6 is 0 Å². The fourth-order valence-electron chi connectivity index (χ4n) is 10.2. The zero-order valence-corrected chi connectivity index (χ0v) is 22.1. The molecule has 2 N–H and O–H groups in total. The molecular weight excluding hydrogens is 476 g/mol. The van der Waals surface area contributed by atoms with Crippen molar-refractivity contribution in [3.8, 4) is 0 Å². The van der Waals surface area contributed by atoms with E-state index >= 15 is 0 Å². The Kier molecular flexibility index (Phi) is 5.26. The summed E-state index contributed by atoms with van der Waals surface area (Å²) in [5, 5.41) is 23.6. The Morgan fingerprint density at radius 2 is 1.78 bits per heavy atom. The fourth-order valence-corrected chi connectivity index (χ4v) is 10.2. The molecule has 0 bridgehead atoms. The standard InChI is InChI=1S/C29H40O8/c1-15-10-23(30)29(33)25(35-15)36-21-12-17-4-5-20-19(26(17,2)13-22(21)37-29)6-8-27(3)18(7-9-28(20,27)32)16-11-24(31)34-14-16/h11,15,17-22,25,32-33H,4-10,12-14H2,1-3H3. The Labute approximate surface area is 218 Å². The van der Waals surface area contributed by atoms with Crippen molar-refractivity contribution in [2.45, 2.75) is 115 Å². The second-order valence-electron chi connectivity index (χ2n) is 13.7. The van der Waals surface area contributed by atoms with Gasteiger partial charge in [0.25, 0.3) is 5.79 Å². The quantitative estimate of drug-likeness (QED) is 0.404. The van der Waals surface area contributed by atoms with E-state index in [1.54, 1.807) is 6.08 Å². The Hall–Kier alpha value is -1.32. The first-order valence-corrected chi connectivity index (χ1v) is 14.3. The maximum atomic E-state index is 12.8. The number of esters is 1. The molecule has 204 valence electrons. The fraction of sp³-hybridized carbons (Fsp3) is 0.862. The minimum Gasteiger partial charge on any atom is -0.458 e. The Balaban J connectivity index is 1.16. The topological polar surface area (TPSA) is 112 Å². The van der Waals surface area contributed by atoms with Gasteiger partial charge >= 0.3 is 5.97 Å². The second kappa shape index (κ2) is 7.87. The van der Waals surface area contributed by atoms with E-state index in [0.29, 0.717) is 24.9 Å². The van der Waals surface area contributed by atoms with Crippen LogP contribution in [-0.2, 0) is 28.5 Å². The first-order chi connectivity index (χ1) is 17.5. The van der Waals surface area contributed by atoms with Crippen LogP contribution in [0.25, 0.3) is 0 Å². The molecule has 0 amide bonds. The van der Waals surface area contributed by atoms with Crippen LogP contribution in [0.5, 0.6) is 0 Å². The highest BCUT2D eigenvalue weighted by molar-refractivity contribution is 5.87. The van der Waals surface area contributed by atoms with Gasteiger partial charge in [-0.3, -0.25) is 4.79 Å². The summed E-state index contributed by atoms with van der Waals surface area (Å²) in [6.07, 6.45) is 6.86. The van der Waals surface area contributed by atoms with Crippen LogP contribution in [0.15, 0.2) is 11.6 Å². The van der Waals surface area contributed by atoms with Gasteiger partial charge in [0.2, 0.25) is 6.29 Å². The van der Waals surface area contributed by atoms with Gasteiger partial charge in [-0.15, -0.1) is 0 Å². The van der Waals surface area contributed by atoms with E-state index in [9.17, 15) is 19.8 Å². The summed E-state index contributed by atoms with van der Waals surface area (Å²) in [4.78, 5) is 24.6. The molecule has 6 fully saturated rings. The second-order valence-corrected chi connectivity index (χ2v) is 13.7. The van der Waals surface area contributed by atoms with Crippen molar-refractivity contribution < 1.29 is 38.7 Å². The average Bonchev–Trinajstić information content (AvgIpc) is 3.37. The molecule has 0 aromatic carbocycles. The lowest BCUT2D eigenvalue weighted by Gasteiger charge is -2.65. The molecule has 8 heteroatoms. The molecule has 8 nitrogen and oxygen atoms in total. The molecule has 37 heavy (non-hydrogen) atoms. The highest BCUT2D eigenvalue weighted by Gasteiger charge is 2.69.